The Hall–Kier alpha value is -0.180. The second-order valence-corrected chi connectivity index (χ2v) is 7.50. The fourth-order valence-electron chi connectivity index (χ4n) is 2.89. The highest BCUT2D eigenvalue weighted by molar-refractivity contribution is 8.00. The van der Waals surface area contributed by atoms with Crippen LogP contribution in [0.4, 0.5) is 0 Å². The van der Waals surface area contributed by atoms with Crippen LogP contribution in [0.5, 0.6) is 0 Å². The first-order valence-electron chi connectivity index (χ1n) is 6.83. The molecule has 98 valence electrons. The van der Waals surface area contributed by atoms with E-state index in [1.165, 1.54) is 36.4 Å². The number of alkyl halides is 1. The van der Waals surface area contributed by atoms with Crippen LogP contribution < -0.4 is 0 Å². The summed E-state index contributed by atoms with van der Waals surface area (Å²) in [6.07, 6.45) is 2.47. The van der Waals surface area contributed by atoms with E-state index in [0.717, 1.165) is 11.8 Å². The Balaban J connectivity index is 1.57. The molecule has 3 unspecified atom stereocenters. The Morgan fingerprint density at radius 1 is 1.39 bits per heavy atom. The lowest BCUT2D eigenvalue weighted by atomic mass is 9.98. The van der Waals surface area contributed by atoms with Gasteiger partial charge in [-0.3, -0.25) is 0 Å². The first-order chi connectivity index (χ1) is 8.72. The van der Waals surface area contributed by atoms with Gasteiger partial charge in [0, 0.05) is 28.6 Å². The molecular formula is C15H20ClNS. The lowest BCUT2D eigenvalue weighted by Gasteiger charge is -2.35. The van der Waals surface area contributed by atoms with Gasteiger partial charge in [-0.15, -0.1) is 23.4 Å². The average molecular weight is 282 g/mol. The number of fused-ring (bicyclic) bond motifs is 1. The molecule has 3 atom stereocenters. The molecule has 0 N–H and O–H groups in total. The van der Waals surface area contributed by atoms with Crippen molar-refractivity contribution >= 4 is 23.4 Å². The summed E-state index contributed by atoms with van der Waals surface area (Å²) in [5, 5.41) is 1.06. The Bertz CT molecular complexity index is 398. The van der Waals surface area contributed by atoms with Crippen LogP contribution in [0.3, 0.4) is 0 Å². The molecule has 0 saturated carbocycles. The molecule has 18 heavy (non-hydrogen) atoms. The third-order valence-corrected chi connectivity index (χ3v) is 6.00. The number of nitrogens with zero attached hydrogens (tertiary/aromatic N) is 1. The smallest absolute Gasteiger partial charge is 0.0489 e. The summed E-state index contributed by atoms with van der Waals surface area (Å²) >= 11 is 8.44. The van der Waals surface area contributed by atoms with Gasteiger partial charge in [-0.25, -0.2) is 0 Å². The first kappa shape index (κ1) is 12.8. The summed E-state index contributed by atoms with van der Waals surface area (Å²) in [6, 6.07) is 8.82. The van der Waals surface area contributed by atoms with Crippen LogP contribution in [0, 0.1) is 5.92 Å². The molecule has 0 aliphatic carbocycles. The molecule has 0 amide bonds. The van der Waals surface area contributed by atoms with E-state index in [4.69, 9.17) is 11.6 Å². The standard InChI is InChI=1S/C15H20ClNS/c1-11-6-7-17(10-14(11)16)9-13-8-12-4-2-3-5-15(12)18-13/h2-5,11,13-14H,6-10H2,1H3. The maximum absolute atomic E-state index is 6.39. The number of likely N-dealkylation sites (tertiary alicyclic amines) is 1. The van der Waals surface area contributed by atoms with E-state index in [1.54, 1.807) is 0 Å². The van der Waals surface area contributed by atoms with Crippen molar-refractivity contribution in [2.75, 3.05) is 19.6 Å². The Labute approximate surface area is 119 Å². The number of halogens is 1. The molecule has 3 rings (SSSR count). The second kappa shape index (κ2) is 5.44. The number of piperidine rings is 1. The van der Waals surface area contributed by atoms with Crippen LogP contribution in [0.15, 0.2) is 29.2 Å². The first-order valence-corrected chi connectivity index (χ1v) is 8.15. The van der Waals surface area contributed by atoms with E-state index in [2.05, 4.69) is 36.1 Å². The molecule has 1 saturated heterocycles. The molecule has 3 heteroatoms. The van der Waals surface area contributed by atoms with Crippen LogP contribution >= 0.6 is 23.4 Å². The van der Waals surface area contributed by atoms with E-state index >= 15 is 0 Å². The highest BCUT2D eigenvalue weighted by Gasteiger charge is 2.28. The molecule has 1 fully saturated rings. The maximum Gasteiger partial charge on any atom is 0.0489 e. The summed E-state index contributed by atoms with van der Waals surface area (Å²) in [4.78, 5) is 4.04. The van der Waals surface area contributed by atoms with Crippen molar-refractivity contribution in [1.29, 1.82) is 0 Å². The van der Waals surface area contributed by atoms with Crippen LogP contribution in [0.2, 0.25) is 0 Å². The van der Waals surface area contributed by atoms with Crippen molar-refractivity contribution in [3.8, 4) is 0 Å². The van der Waals surface area contributed by atoms with Crippen LogP contribution in [0.25, 0.3) is 0 Å². The summed E-state index contributed by atoms with van der Waals surface area (Å²) in [6.45, 7) is 5.75. The van der Waals surface area contributed by atoms with E-state index in [1.807, 2.05) is 11.8 Å². The highest BCUT2D eigenvalue weighted by atomic mass is 35.5. The predicted octanol–water partition coefficient (Wildman–Crippen LogP) is 3.65. The topological polar surface area (TPSA) is 3.24 Å². The fraction of sp³-hybridized carbons (Fsp3) is 0.600. The van der Waals surface area contributed by atoms with Gasteiger partial charge in [0.15, 0.2) is 0 Å². The third-order valence-electron chi connectivity index (χ3n) is 4.13. The molecule has 2 heterocycles. The Kier molecular flexibility index (Phi) is 3.88. The third kappa shape index (κ3) is 2.71. The van der Waals surface area contributed by atoms with Gasteiger partial charge in [-0.2, -0.15) is 0 Å². The summed E-state index contributed by atoms with van der Waals surface area (Å²) in [5.74, 6) is 0.677. The van der Waals surface area contributed by atoms with Crippen molar-refractivity contribution in [3.05, 3.63) is 29.8 Å². The van der Waals surface area contributed by atoms with Gasteiger partial charge in [0.25, 0.3) is 0 Å². The minimum atomic E-state index is 0.340. The number of thioether (sulfide) groups is 1. The van der Waals surface area contributed by atoms with Crippen molar-refractivity contribution in [1.82, 2.24) is 4.90 Å². The van der Waals surface area contributed by atoms with Crippen molar-refractivity contribution < 1.29 is 0 Å². The molecule has 1 aromatic carbocycles. The normalized spacial score (nSPS) is 32.4. The molecule has 2 aliphatic rings. The minimum absolute atomic E-state index is 0.340. The highest BCUT2D eigenvalue weighted by Crippen LogP contribution is 2.37. The van der Waals surface area contributed by atoms with E-state index in [9.17, 15) is 0 Å². The lowest BCUT2D eigenvalue weighted by Crippen LogP contribution is -2.43. The predicted molar refractivity (Wildman–Crippen MR) is 79.7 cm³/mol. The van der Waals surface area contributed by atoms with Gasteiger partial charge in [0.1, 0.15) is 0 Å². The molecule has 0 spiro atoms. The van der Waals surface area contributed by atoms with Crippen LogP contribution in [-0.4, -0.2) is 35.2 Å². The molecular weight excluding hydrogens is 262 g/mol. The minimum Gasteiger partial charge on any atom is -0.301 e. The number of rotatable bonds is 2. The van der Waals surface area contributed by atoms with Gasteiger partial charge in [-0.1, -0.05) is 25.1 Å². The van der Waals surface area contributed by atoms with Gasteiger partial charge in [-0.05, 0) is 36.9 Å². The molecule has 0 aromatic heterocycles. The van der Waals surface area contributed by atoms with Gasteiger partial charge in [0.2, 0.25) is 0 Å². The monoisotopic (exact) mass is 281 g/mol. The second-order valence-electron chi connectivity index (χ2n) is 5.59. The Morgan fingerprint density at radius 2 is 2.22 bits per heavy atom. The zero-order valence-corrected chi connectivity index (χ0v) is 12.4. The van der Waals surface area contributed by atoms with Gasteiger partial charge >= 0.3 is 0 Å². The largest absolute Gasteiger partial charge is 0.301 e. The van der Waals surface area contributed by atoms with E-state index in [0.29, 0.717) is 11.3 Å². The maximum atomic E-state index is 6.39. The SMILES string of the molecule is CC1CCN(CC2Cc3ccccc3S2)CC1Cl. The lowest BCUT2D eigenvalue weighted by molar-refractivity contribution is 0.197. The van der Waals surface area contributed by atoms with Crippen molar-refractivity contribution in [3.63, 3.8) is 0 Å². The van der Waals surface area contributed by atoms with Crippen molar-refractivity contribution in [2.45, 2.75) is 35.3 Å². The molecule has 0 radical (unpaired) electrons. The molecule has 1 aromatic rings. The molecule has 0 bridgehead atoms. The van der Waals surface area contributed by atoms with Crippen LogP contribution in [-0.2, 0) is 6.42 Å². The summed E-state index contributed by atoms with van der Waals surface area (Å²) in [5.41, 5.74) is 1.53. The zero-order chi connectivity index (χ0) is 12.5. The summed E-state index contributed by atoms with van der Waals surface area (Å²) in [7, 11) is 0. The zero-order valence-electron chi connectivity index (χ0n) is 10.8. The van der Waals surface area contributed by atoms with E-state index in [-0.39, 0.29) is 0 Å². The van der Waals surface area contributed by atoms with E-state index < -0.39 is 0 Å². The average Bonchev–Trinajstić information content (AvgIpc) is 2.76. The summed E-state index contributed by atoms with van der Waals surface area (Å²) < 4.78 is 0. The molecule has 2 aliphatic heterocycles. The molecule has 1 nitrogen and oxygen atoms in total. The number of benzene rings is 1. The van der Waals surface area contributed by atoms with Crippen LogP contribution in [0.1, 0.15) is 18.9 Å². The van der Waals surface area contributed by atoms with Gasteiger partial charge < -0.3 is 4.90 Å². The quantitative estimate of drug-likeness (QED) is 0.761. The number of hydrogen-bond donors (Lipinski definition) is 0. The van der Waals surface area contributed by atoms with Gasteiger partial charge in [0.05, 0.1) is 0 Å². The fourth-order valence-corrected chi connectivity index (χ4v) is 4.58. The Morgan fingerprint density at radius 3 is 3.00 bits per heavy atom. The number of hydrogen-bond acceptors (Lipinski definition) is 2. The van der Waals surface area contributed by atoms with Crippen molar-refractivity contribution in [2.24, 2.45) is 5.92 Å².